The molecule has 186 valence electrons. The molecule has 8 heteroatoms. The van der Waals surface area contributed by atoms with Gasteiger partial charge in [-0.2, -0.15) is 0 Å². The fraction of sp³-hybridized carbons (Fsp3) is 0.407. The standard InChI is InChI=1S/C27H31NO7/c1-7-34-21-10-8-9-17-18-15-27(2,35-24(17)21)28(3)26(30)22(18)19(29)13-11-16-12-14-20(31-4)25(33-6)23(16)32-5/h8-14,18,22H,7,15H2,1-6H3. The number of benzene rings is 2. The van der Waals surface area contributed by atoms with Crippen molar-refractivity contribution < 1.29 is 33.3 Å². The van der Waals surface area contributed by atoms with Gasteiger partial charge in [-0.3, -0.25) is 9.59 Å². The Bertz CT molecular complexity index is 1170. The van der Waals surface area contributed by atoms with E-state index in [9.17, 15) is 9.59 Å². The highest BCUT2D eigenvalue weighted by atomic mass is 16.5. The minimum absolute atomic E-state index is 0.273. The van der Waals surface area contributed by atoms with Crippen LogP contribution in [0.25, 0.3) is 6.08 Å². The average Bonchev–Trinajstić information content (AvgIpc) is 2.86. The summed E-state index contributed by atoms with van der Waals surface area (Å²) in [6, 6.07) is 9.12. The molecule has 0 saturated carbocycles. The van der Waals surface area contributed by atoms with Crippen molar-refractivity contribution >= 4 is 17.8 Å². The number of hydrogen-bond donors (Lipinski definition) is 0. The fourth-order valence-electron chi connectivity index (χ4n) is 4.95. The number of ether oxygens (including phenoxy) is 5. The third kappa shape index (κ3) is 4.07. The van der Waals surface area contributed by atoms with Crippen LogP contribution in [0.4, 0.5) is 0 Å². The van der Waals surface area contributed by atoms with Crippen molar-refractivity contribution in [3.8, 4) is 28.7 Å². The number of fused-ring (bicyclic) bond motifs is 4. The molecule has 2 bridgehead atoms. The van der Waals surface area contributed by atoms with Crippen molar-refractivity contribution in [2.75, 3.05) is 35.0 Å². The first-order valence-corrected chi connectivity index (χ1v) is 11.5. The van der Waals surface area contributed by atoms with Gasteiger partial charge >= 0.3 is 0 Å². The molecule has 2 aromatic rings. The van der Waals surface area contributed by atoms with E-state index in [0.717, 1.165) is 5.56 Å². The number of piperidine rings is 1. The van der Waals surface area contributed by atoms with Gasteiger partial charge in [0.15, 0.2) is 34.5 Å². The molecule has 3 unspecified atom stereocenters. The lowest BCUT2D eigenvalue weighted by molar-refractivity contribution is -0.170. The Morgan fingerprint density at radius 3 is 2.51 bits per heavy atom. The van der Waals surface area contributed by atoms with Crippen molar-refractivity contribution in [3.63, 3.8) is 0 Å². The van der Waals surface area contributed by atoms with Crippen molar-refractivity contribution in [2.24, 2.45) is 5.92 Å². The van der Waals surface area contributed by atoms with E-state index < -0.39 is 11.6 Å². The van der Waals surface area contributed by atoms with Crippen LogP contribution in [0.2, 0.25) is 0 Å². The highest BCUT2D eigenvalue weighted by Gasteiger charge is 2.54. The van der Waals surface area contributed by atoms with E-state index in [0.29, 0.717) is 47.3 Å². The van der Waals surface area contributed by atoms with Gasteiger partial charge in [0.2, 0.25) is 11.7 Å². The largest absolute Gasteiger partial charge is 0.493 e. The van der Waals surface area contributed by atoms with Crippen LogP contribution in [0.5, 0.6) is 28.7 Å². The van der Waals surface area contributed by atoms with Crippen LogP contribution in [-0.4, -0.2) is 57.3 Å². The minimum Gasteiger partial charge on any atom is -0.493 e. The van der Waals surface area contributed by atoms with Crippen molar-refractivity contribution in [2.45, 2.75) is 31.9 Å². The number of ketones is 1. The summed E-state index contributed by atoms with van der Waals surface area (Å²) in [6.45, 7) is 4.25. The van der Waals surface area contributed by atoms with Gasteiger partial charge < -0.3 is 28.6 Å². The molecular weight excluding hydrogens is 450 g/mol. The van der Waals surface area contributed by atoms with Crippen LogP contribution >= 0.6 is 0 Å². The minimum atomic E-state index is -0.880. The van der Waals surface area contributed by atoms with Crippen molar-refractivity contribution in [3.05, 3.63) is 47.5 Å². The van der Waals surface area contributed by atoms with Crippen LogP contribution in [-0.2, 0) is 9.59 Å². The third-order valence-corrected chi connectivity index (χ3v) is 6.81. The van der Waals surface area contributed by atoms with Gasteiger partial charge in [0, 0.05) is 30.5 Å². The number of nitrogens with zero attached hydrogens (tertiary/aromatic N) is 1. The topological polar surface area (TPSA) is 83.5 Å². The Balaban J connectivity index is 1.72. The zero-order valence-electron chi connectivity index (χ0n) is 20.9. The zero-order chi connectivity index (χ0) is 25.3. The summed E-state index contributed by atoms with van der Waals surface area (Å²) >= 11 is 0. The monoisotopic (exact) mass is 481 g/mol. The normalized spacial score (nSPS) is 22.9. The number of carbonyl (C=O) groups is 2. The summed E-state index contributed by atoms with van der Waals surface area (Å²) in [4.78, 5) is 28.5. The van der Waals surface area contributed by atoms with E-state index in [1.807, 2.05) is 32.0 Å². The molecule has 0 aromatic heterocycles. The van der Waals surface area contributed by atoms with E-state index in [1.165, 1.54) is 32.3 Å². The summed E-state index contributed by atoms with van der Waals surface area (Å²) in [6.07, 6.45) is 3.58. The summed E-state index contributed by atoms with van der Waals surface area (Å²) in [5.41, 5.74) is 0.575. The lowest BCUT2D eigenvalue weighted by atomic mass is 9.72. The molecule has 1 saturated heterocycles. The van der Waals surface area contributed by atoms with Crippen LogP contribution < -0.4 is 23.7 Å². The quantitative estimate of drug-likeness (QED) is 0.415. The van der Waals surface area contributed by atoms with Gasteiger partial charge in [-0.05, 0) is 44.2 Å². The van der Waals surface area contributed by atoms with Gasteiger partial charge in [-0.25, -0.2) is 0 Å². The Morgan fingerprint density at radius 2 is 1.86 bits per heavy atom. The molecule has 2 aliphatic heterocycles. The number of amides is 1. The maximum atomic E-state index is 13.5. The Hall–Kier alpha value is -3.68. The van der Waals surface area contributed by atoms with E-state index in [-0.39, 0.29) is 17.6 Å². The number of carbonyl (C=O) groups excluding carboxylic acids is 2. The number of methoxy groups -OCH3 is 3. The molecule has 3 atom stereocenters. The predicted octanol–water partition coefficient (Wildman–Crippen LogP) is 4.06. The number of rotatable bonds is 8. The van der Waals surface area contributed by atoms with Crippen LogP contribution in [0.1, 0.15) is 37.3 Å². The summed E-state index contributed by atoms with van der Waals surface area (Å²) < 4.78 is 28.4. The molecular formula is C27H31NO7. The Labute approximate surface area is 205 Å². The number of likely N-dealkylation sites (tertiary alicyclic amines) is 1. The first kappa shape index (κ1) is 24.4. The molecule has 0 radical (unpaired) electrons. The number of hydrogen-bond acceptors (Lipinski definition) is 7. The molecule has 0 spiro atoms. The van der Waals surface area contributed by atoms with Gasteiger partial charge in [-0.15, -0.1) is 0 Å². The van der Waals surface area contributed by atoms with Gasteiger partial charge in [0.25, 0.3) is 0 Å². The first-order valence-electron chi connectivity index (χ1n) is 11.5. The maximum absolute atomic E-state index is 13.5. The fourth-order valence-corrected chi connectivity index (χ4v) is 4.95. The molecule has 1 fully saturated rings. The SMILES string of the molecule is CCOc1cccc2c1OC1(C)CC2C(C(=O)C=Cc2ccc(OC)c(OC)c2OC)C(=O)N1C. The van der Waals surface area contributed by atoms with Gasteiger partial charge in [0.05, 0.1) is 27.9 Å². The maximum Gasteiger partial charge on any atom is 0.236 e. The smallest absolute Gasteiger partial charge is 0.236 e. The second-order valence-electron chi connectivity index (χ2n) is 8.73. The Morgan fingerprint density at radius 1 is 1.11 bits per heavy atom. The van der Waals surface area contributed by atoms with Crippen molar-refractivity contribution in [1.82, 2.24) is 4.90 Å². The van der Waals surface area contributed by atoms with Crippen LogP contribution in [0, 0.1) is 5.92 Å². The Kier molecular flexibility index (Phi) is 6.65. The predicted molar refractivity (Wildman–Crippen MR) is 130 cm³/mol. The summed E-state index contributed by atoms with van der Waals surface area (Å²) in [5, 5.41) is 0. The molecule has 4 rings (SSSR count). The molecule has 0 aliphatic carbocycles. The van der Waals surface area contributed by atoms with E-state index in [4.69, 9.17) is 23.7 Å². The molecule has 35 heavy (non-hydrogen) atoms. The average molecular weight is 482 g/mol. The molecule has 1 amide bonds. The number of allylic oxidation sites excluding steroid dienone is 1. The molecule has 2 aromatic carbocycles. The second-order valence-corrected chi connectivity index (χ2v) is 8.73. The van der Waals surface area contributed by atoms with Crippen LogP contribution in [0.15, 0.2) is 36.4 Å². The van der Waals surface area contributed by atoms with Gasteiger partial charge in [-0.1, -0.05) is 12.1 Å². The molecule has 0 N–H and O–H groups in total. The third-order valence-electron chi connectivity index (χ3n) is 6.81. The highest BCUT2D eigenvalue weighted by molar-refractivity contribution is 6.10. The first-order chi connectivity index (χ1) is 16.8. The van der Waals surface area contributed by atoms with Gasteiger partial charge in [0.1, 0.15) is 5.92 Å². The highest BCUT2D eigenvalue weighted by Crippen LogP contribution is 2.53. The van der Waals surface area contributed by atoms with E-state index in [1.54, 1.807) is 25.3 Å². The molecule has 2 heterocycles. The zero-order valence-corrected chi connectivity index (χ0v) is 20.9. The molecule has 2 aliphatic rings. The summed E-state index contributed by atoms with van der Waals surface area (Å²) in [7, 11) is 6.25. The molecule has 8 nitrogen and oxygen atoms in total. The second kappa shape index (κ2) is 9.52. The van der Waals surface area contributed by atoms with Crippen LogP contribution in [0.3, 0.4) is 0 Å². The summed E-state index contributed by atoms with van der Waals surface area (Å²) in [5.74, 6) is 0.804. The number of para-hydroxylation sites is 1. The lowest BCUT2D eigenvalue weighted by Gasteiger charge is -2.51. The van der Waals surface area contributed by atoms with E-state index >= 15 is 0 Å². The lowest BCUT2D eigenvalue weighted by Crippen LogP contribution is -2.62. The van der Waals surface area contributed by atoms with Crippen molar-refractivity contribution in [1.29, 1.82) is 0 Å². The van der Waals surface area contributed by atoms with E-state index in [2.05, 4.69) is 0 Å².